The van der Waals surface area contributed by atoms with Crippen LogP contribution in [0.25, 0.3) is 0 Å². The van der Waals surface area contributed by atoms with E-state index >= 15 is 0 Å². The van der Waals surface area contributed by atoms with Crippen LogP contribution in [0.2, 0.25) is 0 Å². The van der Waals surface area contributed by atoms with Gasteiger partial charge in [0, 0.05) is 18.2 Å². The molecule has 0 aromatic heterocycles. The monoisotopic (exact) mass is 332 g/mol. The summed E-state index contributed by atoms with van der Waals surface area (Å²) < 4.78 is 5.44. The number of ether oxygens (including phenoxy) is 1. The van der Waals surface area contributed by atoms with Crippen LogP contribution in [0, 0.1) is 26.9 Å². The Bertz CT molecular complexity index is 655. The third kappa shape index (κ3) is 2.64. The Morgan fingerprint density at radius 3 is 2.50 bits per heavy atom. The number of nitro benzene ring substituents is 1. The molecule has 24 heavy (non-hydrogen) atoms. The molecular weight excluding hydrogens is 308 g/mol. The average molecular weight is 332 g/mol. The highest BCUT2D eigenvalue weighted by Gasteiger charge is 2.61. The smallest absolute Gasteiger partial charge is 0.269 e. The van der Waals surface area contributed by atoms with Crippen LogP contribution in [0.1, 0.15) is 40.0 Å². The van der Waals surface area contributed by atoms with Crippen LogP contribution in [0.4, 0.5) is 5.69 Å². The highest BCUT2D eigenvalue weighted by atomic mass is 16.6. The molecule has 3 atom stereocenters. The van der Waals surface area contributed by atoms with Gasteiger partial charge in [0.05, 0.1) is 4.92 Å². The van der Waals surface area contributed by atoms with Crippen molar-refractivity contribution in [3.8, 4) is 5.75 Å². The molecule has 0 spiro atoms. The molecule has 0 saturated heterocycles. The van der Waals surface area contributed by atoms with E-state index in [1.165, 1.54) is 30.7 Å². The van der Waals surface area contributed by atoms with E-state index in [0.717, 1.165) is 12.8 Å². The van der Waals surface area contributed by atoms with Gasteiger partial charge in [-0.25, -0.2) is 0 Å². The number of hydrogen-bond donors (Lipinski definition) is 1. The van der Waals surface area contributed by atoms with Gasteiger partial charge in [-0.2, -0.15) is 0 Å². The van der Waals surface area contributed by atoms with E-state index in [-0.39, 0.29) is 35.1 Å². The van der Waals surface area contributed by atoms with E-state index in [1.54, 1.807) is 0 Å². The minimum absolute atomic E-state index is 0.00365. The van der Waals surface area contributed by atoms with Gasteiger partial charge in [0.25, 0.3) is 11.6 Å². The molecule has 2 saturated carbocycles. The Morgan fingerprint density at radius 1 is 1.33 bits per heavy atom. The second-order valence-electron chi connectivity index (χ2n) is 7.77. The number of non-ortho nitro benzene ring substituents is 1. The summed E-state index contributed by atoms with van der Waals surface area (Å²) in [5.74, 6) is 0.988. The first-order valence-electron chi connectivity index (χ1n) is 8.40. The SMILES string of the molecule is CC1(C)C2CCC1(C)C(NC(=O)COc1ccc([N+](=O)[O-])cc1)C2. The largest absolute Gasteiger partial charge is 0.484 e. The highest BCUT2D eigenvalue weighted by Crippen LogP contribution is 2.65. The maximum atomic E-state index is 12.2. The summed E-state index contributed by atoms with van der Waals surface area (Å²) in [6.45, 7) is 6.83. The number of carbonyl (C=O) groups is 1. The van der Waals surface area contributed by atoms with Crippen molar-refractivity contribution < 1.29 is 14.5 Å². The Hall–Kier alpha value is -2.11. The van der Waals surface area contributed by atoms with Crippen molar-refractivity contribution in [1.29, 1.82) is 0 Å². The van der Waals surface area contributed by atoms with Crippen LogP contribution in [0.3, 0.4) is 0 Å². The molecule has 6 nitrogen and oxygen atoms in total. The number of fused-ring (bicyclic) bond motifs is 2. The van der Waals surface area contributed by atoms with Crippen LogP contribution in [0.15, 0.2) is 24.3 Å². The molecule has 1 N–H and O–H groups in total. The summed E-state index contributed by atoms with van der Waals surface area (Å²) in [4.78, 5) is 22.4. The van der Waals surface area contributed by atoms with Crippen molar-refractivity contribution in [2.75, 3.05) is 6.61 Å². The number of carbonyl (C=O) groups excluding carboxylic acids is 1. The zero-order valence-electron chi connectivity index (χ0n) is 14.4. The van der Waals surface area contributed by atoms with E-state index in [9.17, 15) is 14.9 Å². The van der Waals surface area contributed by atoms with Crippen molar-refractivity contribution >= 4 is 11.6 Å². The van der Waals surface area contributed by atoms with Crippen LogP contribution >= 0.6 is 0 Å². The molecule has 2 aliphatic rings. The Morgan fingerprint density at radius 2 is 2.00 bits per heavy atom. The third-order valence-corrected chi connectivity index (χ3v) is 6.55. The Balaban J connectivity index is 1.54. The first-order valence-corrected chi connectivity index (χ1v) is 8.40. The fraction of sp³-hybridized carbons (Fsp3) is 0.611. The third-order valence-electron chi connectivity index (χ3n) is 6.55. The average Bonchev–Trinajstić information content (AvgIpc) is 2.86. The number of rotatable bonds is 5. The van der Waals surface area contributed by atoms with Crippen molar-refractivity contribution in [3.05, 3.63) is 34.4 Å². The number of nitrogens with zero attached hydrogens (tertiary/aromatic N) is 1. The minimum Gasteiger partial charge on any atom is -0.484 e. The lowest BCUT2D eigenvalue weighted by molar-refractivity contribution is -0.384. The Labute approximate surface area is 141 Å². The number of nitro groups is 1. The number of nitrogens with one attached hydrogen (secondary N) is 1. The summed E-state index contributed by atoms with van der Waals surface area (Å²) in [5, 5.41) is 13.8. The number of hydrogen-bond acceptors (Lipinski definition) is 4. The molecule has 1 aromatic carbocycles. The van der Waals surface area contributed by atoms with E-state index in [1.807, 2.05) is 0 Å². The zero-order chi connectivity index (χ0) is 17.5. The summed E-state index contributed by atoms with van der Waals surface area (Å²) in [6, 6.07) is 5.94. The van der Waals surface area contributed by atoms with Gasteiger partial charge < -0.3 is 10.1 Å². The van der Waals surface area contributed by atoms with Gasteiger partial charge in [0.2, 0.25) is 0 Å². The number of amides is 1. The summed E-state index contributed by atoms with van der Waals surface area (Å²) in [5.41, 5.74) is 0.397. The normalized spacial score (nSPS) is 30.1. The van der Waals surface area contributed by atoms with Gasteiger partial charge in [-0.05, 0) is 48.1 Å². The molecule has 130 valence electrons. The first-order chi connectivity index (χ1) is 11.2. The minimum atomic E-state index is -0.464. The van der Waals surface area contributed by atoms with Gasteiger partial charge in [-0.15, -0.1) is 0 Å². The molecule has 1 aromatic rings. The summed E-state index contributed by atoms with van der Waals surface area (Å²) in [6.07, 6.45) is 3.43. The lowest BCUT2D eigenvalue weighted by Gasteiger charge is -2.39. The number of benzene rings is 1. The van der Waals surface area contributed by atoms with Crippen molar-refractivity contribution in [3.63, 3.8) is 0 Å². The highest BCUT2D eigenvalue weighted by molar-refractivity contribution is 5.78. The lowest BCUT2D eigenvalue weighted by atomic mass is 9.69. The van der Waals surface area contributed by atoms with E-state index < -0.39 is 4.92 Å². The molecule has 2 aliphatic carbocycles. The van der Waals surface area contributed by atoms with E-state index in [4.69, 9.17) is 4.74 Å². The van der Waals surface area contributed by atoms with Gasteiger partial charge >= 0.3 is 0 Å². The van der Waals surface area contributed by atoms with Gasteiger partial charge in [-0.1, -0.05) is 20.8 Å². The van der Waals surface area contributed by atoms with E-state index in [2.05, 4.69) is 26.1 Å². The van der Waals surface area contributed by atoms with Crippen LogP contribution in [-0.2, 0) is 4.79 Å². The molecular formula is C18H24N2O4. The zero-order valence-corrected chi connectivity index (χ0v) is 14.4. The first kappa shape index (κ1) is 16.7. The predicted molar refractivity (Wildman–Crippen MR) is 89.8 cm³/mol. The topological polar surface area (TPSA) is 81.5 Å². The fourth-order valence-electron chi connectivity index (χ4n) is 4.47. The summed E-state index contributed by atoms with van der Waals surface area (Å²) in [7, 11) is 0. The summed E-state index contributed by atoms with van der Waals surface area (Å²) >= 11 is 0. The maximum Gasteiger partial charge on any atom is 0.269 e. The quantitative estimate of drug-likeness (QED) is 0.662. The maximum absolute atomic E-state index is 12.2. The molecule has 0 heterocycles. The lowest BCUT2D eigenvalue weighted by Crippen LogP contribution is -2.48. The fourth-order valence-corrected chi connectivity index (χ4v) is 4.47. The molecule has 2 fully saturated rings. The van der Waals surface area contributed by atoms with Gasteiger partial charge in [0.15, 0.2) is 6.61 Å². The van der Waals surface area contributed by atoms with Gasteiger partial charge in [-0.3, -0.25) is 14.9 Å². The van der Waals surface area contributed by atoms with Crippen molar-refractivity contribution in [1.82, 2.24) is 5.32 Å². The Kier molecular flexibility index (Phi) is 4.01. The molecule has 1 amide bonds. The van der Waals surface area contributed by atoms with E-state index in [0.29, 0.717) is 11.7 Å². The molecule has 0 radical (unpaired) electrons. The molecule has 3 unspecified atom stereocenters. The second-order valence-corrected chi connectivity index (χ2v) is 7.77. The molecule has 6 heteroatoms. The van der Waals surface area contributed by atoms with Crippen molar-refractivity contribution in [2.24, 2.45) is 16.7 Å². The standard InChI is InChI=1S/C18H24N2O4/c1-17(2)12-8-9-18(17,3)15(10-12)19-16(21)11-24-14-6-4-13(5-7-14)20(22)23/h4-7,12,15H,8-11H2,1-3H3,(H,19,21). The van der Waals surface area contributed by atoms with Crippen LogP contribution < -0.4 is 10.1 Å². The van der Waals surface area contributed by atoms with Gasteiger partial charge in [0.1, 0.15) is 5.75 Å². The van der Waals surface area contributed by atoms with Crippen LogP contribution in [0.5, 0.6) is 5.75 Å². The van der Waals surface area contributed by atoms with Crippen molar-refractivity contribution in [2.45, 2.75) is 46.1 Å². The molecule has 3 rings (SSSR count). The second kappa shape index (κ2) is 5.76. The van der Waals surface area contributed by atoms with Crippen LogP contribution in [-0.4, -0.2) is 23.5 Å². The predicted octanol–water partition coefficient (Wildman–Crippen LogP) is 3.30. The molecule has 2 bridgehead atoms. The molecule has 0 aliphatic heterocycles.